The van der Waals surface area contributed by atoms with Crippen LogP contribution in [0.4, 0.5) is 0 Å². The Balaban J connectivity index is 1.82. The molecule has 1 aliphatic carbocycles. The van der Waals surface area contributed by atoms with E-state index < -0.39 is 0 Å². The number of halogens is 1. The maximum atomic E-state index is 3.55. The van der Waals surface area contributed by atoms with Crippen molar-refractivity contribution < 1.29 is 0 Å². The third-order valence-electron chi connectivity index (χ3n) is 4.37. The van der Waals surface area contributed by atoms with Gasteiger partial charge >= 0.3 is 0 Å². The molecule has 3 atom stereocenters. The smallest absolute Gasteiger partial charge is 0.0354 e. The monoisotopic (exact) mass is 329 g/mol. The van der Waals surface area contributed by atoms with Gasteiger partial charge in [-0.3, -0.25) is 0 Å². The largest absolute Gasteiger partial charge is 0.313 e. The zero-order valence-electron chi connectivity index (χ0n) is 11.9. The molecule has 2 aromatic carbocycles. The first-order valence-corrected chi connectivity index (χ1v) is 7.98. The molecule has 0 bridgehead atoms. The van der Waals surface area contributed by atoms with Crippen LogP contribution in [0.25, 0.3) is 0 Å². The van der Waals surface area contributed by atoms with Crippen LogP contribution >= 0.6 is 15.9 Å². The Kier molecular flexibility index (Phi) is 3.95. The zero-order chi connectivity index (χ0) is 14.1. The molecule has 0 saturated heterocycles. The van der Waals surface area contributed by atoms with Crippen molar-refractivity contribution in [2.45, 2.75) is 25.3 Å². The van der Waals surface area contributed by atoms with Crippen molar-refractivity contribution in [1.29, 1.82) is 0 Å². The fourth-order valence-corrected chi connectivity index (χ4v) is 3.73. The summed E-state index contributed by atoms with van der Waals surface area (Å²) in [7, 11) is 2.08. The first-order valence-electron chi connectivity index (χ1n) is 7.19. The summed E-state index contributed by atoms with van der Waals surface area (Å²) in [6.07, 6.45) is 1.28. The highest BCUT2D eigenvalue weighted by Gasteiger charge is 2.44. The van der Waals surface area contributed by atoms with E-state index in [1.807, 2.05) is 0 Å². The van der Waals surface area contributed by atoms with Gasteiger partial charge in [-0.2, -0.15) is 0 Å². The van der Waals surface area contributed by atoms with Crippen LogP contribution < -0.4 is 5.32 Å². The van der Waals surface area contributed by atoms with Crippen molar-refractivity contribution in [3.8, 4) is 0 Å². The van der Waals surface area contributed by atoms with E-state index in [-0.39, 0.29) is 0 Å². The SMILES string of the molecule is CNC(c1ccc(Br)cc1C)C1CC1c1ccccc1. The number of rotatable bonds is 4. The van der Waals surface area contributed by atoms with E-state index >= 15 is 0 Å². The summed E-state index contributed by atoms with van der Waals surface area (Å²) in [5.74, 6) is 1.42. The van der Waals surface area contributed by atoms with Crippen LogP contribution in [0.1, 0.15) is 35.1 Å². The predicted octanol–water partition coefficient (Wildman–Crippen LogP) is 4.82. The lowest BCUT2D eigenvalue weighted by Crippen LogP contribution is -2.20. The molecule has 2 heteroatoms. The summed E-state index contributed by atoms with van der Waals surface area (Å²) in [5.41, 5.74) is 4.27. The van der Waals surface area contributed by atoms with Crippen LogP contribution in [0, 0.1) is 12.8 Å². The molecule has 0 heterocycles. The van der Waals surface area contributed by atoms with Crippen LogP contribution in [0.3, 0.4) is 0 Å². The minimum absolute atomic E-state index is 0.452. The summed E-state index contributed by atoms with van der Waals surface area (Å²) in [4.78, 5) is 0. The van der Waals surface area contributed by atoms with Gasteiger partial charge in [0.15, 0.2) is 0 Å². The Morgan fingerprint density at radius 2 is 1.90 bits per heavy atom. The molecule has 0 spiro atoms. The number of nitrogens with one attached hydrogen (secondary N) is 1. The van der Waals surface area contributed by atoms with Gasteiger partial charge in [0.2, 0.25) is 0 Å². The highest BCUT2D eigenvalue weighted by molar-refractivity contribution is 9.10. The molecular weight excluding hydrogens is 310 g/mol. The first kappa shape index (κ1) is 13.8. The Bertz CT molecular complexity index is 594. The molecule has 20 heavy (non-hydrogen) atoms. The van der Waals surface area contributed by atoms with Gasteiger partial charge in [0.1, 0.15) is 0 Å². The second-order valence-electron chi connectivity index (χ2n) is 5.68. The van der Waals surface area contributed by atoms with E-state index in [4.69, 9.17) is 0 Å². The molecular formula is C18H20BrN. The van der Waals surface area contributed by atoms with Gasteiger partial charge in [-0.25, -0.2) is 0 Å². The minimum atomic E-state index is 0.452. The van der Waals surface area contributed by atoms with Crippen molar-refractivity contribution in [2.75, 3.05) is 7.05 Å². The van der Waals surface area contributed by atoms with E-state index in [9.17, 15) is 0 Å². The van der Waals surface area contributed by atoms with E-state index in [0.717, 1.165) is 4.47 Å². The Hall–Kier alpha value is -1.12. The van der Waals surface area contributed by atoms with Crippen molar-refractivity contribution >= 4 is 15.9 Å². The minimum Gasteiger partial charge on any atom is -0.313 e. The number of hydrogen-bond donors (Lipinski definition) is 1. The third-order valence-corrected chi connectivity index (χ3v) is 4.87. The lowest BCUT2D eigenvalue weighted by atomic mass is 9.95. The van der Waals surface area contributed by atoms with Crippen LogP contribution in [-0.2, 0) is 0 Å². The zero-order valence-corrected chi connectivity index (χ0v) is 13.5. The fourth-order valence-electron chi connectivity index (χ4n) is 3.25. The third kappa shape index (κ3) is 2.68. The highest BCUT2D eigenvalue weighted by atomic mass is 79.9. The second-order valence-corrected chi connectivity index (χ2v) is 6.60. The van der Waals surface area contributed by atoms with Gasteiger partial charge in [0.05, 0.1) is 0 Å². The molecule has 2 aromatic rings. The van der Waals surface area contributed by atoms with Crippen molar-refractivity contribution in [3.05, 3.63) is 69.7 Å². The predicted molar refractivity (Wildman–Crippen MR) is 88.0 cm³/mol. The van der Waals surface area contributed by atoms with Gasteiger partial charge in [0, 0.05) is 10.5 Å². The van der Waals surface area contributed by atoms with Gasteiger partial charge in [0.25, 0.3) is 0 Å². The molecule has 104 valence electrons. The standard InChI is InChI=1S/C18H20BrN/c1-12-10-14(19)8-9-15(12)18(20-2)17-11-16(17)13-6-4-3-5-7-13/h3-10,16-18,20H,11H2,1-2H3. The molecule has 0 amide bonds. The van der Waals surface area contributed by atoms with E-state index in [1.54, 1.807) is 0 Å². The van der Waals surface area contributed by atoms with Crippen LogP contribution in [0.5, 0.6) is 0 Å². The number of benzene rings is 2. The molecule has 0 aromatic heterocycles. The van der Waals surface area contributed by atoms with Crippen molar-refractivity contribution in [1.82, 2.24) is 5.32 Å². The van der Waals surface area contributed by atoms with E-state index in [2.05, 4.69) is 83.7 Å². The topological polar surface area (TPSA) is 12.0 Å². The highest BCUT2D eigenvalue weighted by Crippen LogP contribution is 2.54. The first-order chi connectivity index (χ1) is 9.70. The summed E-state index contributed by atoms with van der Waals surface area (Å²) in [5, 5.41) is 3.53. The van der Waals surface area contributed by atoms with Gasteiger partial charge in [-0.15, -0.1) is 0 Å². The second kappa shape index (κ2) is 5.71. The average Bonchev–Trinajstić information content (AvgIpc) is 3.23. The molecule has 3 unspecified atom stereocenters. The average molecular weight is 330 g/mol. The lowest BCUT2D eigenvalue weighted by molar-refractivity contribution is 0.515. The number of hydrogen-bond acceptors (Lipinski definition) is 1. The van der Waals surface area contributed by atoms with Gasteiger partial charge < -0.3 is 5.32 Å². The molecule has 0 aliphatic heterocycles. The molecule has 1 fully saturated rings. The molecule has 3 rings (SSSR count). The van der Waals surface area contributed by atoms with Gasteiger partial charge in [-0.1, -0.05) is 52.3 Å². The van der Waals surface area contributed by atoms with E-state index in [0.29, 0.717) is 17.9 Å². The fraction of sp³-hybridized carbons (Fsp3) is 0.333. The lowest BCUT2D eigenvalue weighted by Gasteiger charge is -2.19. The molecule has 1 nitrogen and oxygen atoms in total. The summed E-state index contributed by atoms with van der Waals surface area (Å²) < 4.78 is 1.16. The van der Waals surface area contributed by atoms with Crippen LogP contribution in [0.15, 0.2) is 53.0 Å². The van der Waals surface area contributed by atoms with Crippen LogP contribution in [-0.4, -0.2) is 7.05 Å². The molecule has 0 radical (unpaired) electrons. The maximum absolute atomic E-state index is 3.55. The summed E-state index contributed by atoms with van der Waals surface area (Å²) in [6, 6.07) is 17.9. The summed E-state index contributed by atoms with van der Waals surface area (Å²) in [6.45, 7) is 2.20. The molecule has 1 saturated carbocycles. The Morgan fingerprint density at radius 1 is 1.15 bits per heavy atom. The normalized spacial score (nSPS) is 22.6. The maximum Gasteiger partial charge on any atom is 0.0354 e. The van der Waals surface area contributed by atoms with Crippen molar-refractivity contribution in [2.24, 2.45) is 5.92 Å². The summed E-state index contributed by atoms with van der Waals surface area (Å²) >= 11 is 3.55. The van der Waals surface area contributed by atoms with Crippen molar-refractivity contribution in [3.63, 3.8) is 0 Å². The Labute approximate surface area is 129 Å². The van der Waals surface area contributed by atoms with Gasteiger partial charge in [-0.05, 0) is 61.1 Å². The quantitative estimate of drug-likeness (QED) is 0.847. The Morgan fingerprint density at radius 3 is 2.55 bits per heavy atom. The molecule has 1 aliphatic rings. The molecule has 1 N–H and O–H groups in total. The van der Waals surface area contributed by atoms with Crippen LogP contribution in [0.2, 0.25) is 0 Å². The number of aryl methyl sites for hydroxylation is 1. The van der Waals surface area contributed by atoms with E-state index in [1.165, 1.54) is 23.1 Å².